The van der Waals surface area contributed by atoms with E-state index in [1.165, 1.54) is 28.4 Å². The van der Waals surface area contributed by atoms with Crippen LogP contribution in [0, 0.1) is 12.7 Å². The number of methoxy groups -OCH3 is 1. The Labute approximate surface area is 227 Å². The molecule has 2 heterocycles. The molecule has 9 nitrogen and oxygen atoms in total. The fraction of sp³-hybridized carbons (Fsp3) is 0.357. The molecule has 0 spiro atoms. The Morgan fingerprint density at radius 2 is 2.03 bits per heavy atom. The molecule has 208 valence electrons. The maximum atomic E-state index is 14.4. The quantitative estimate of drug-likeness (QED) is 0.260. The molecule has 0 amide bonds. The lowest BCUT2D eigenvalue weighted by Crippen LogP contribution is -2.43. The number of carbonyl (C=O) groups excluding carboxylic acids is 1. The standard InChI is InChI=1S/C28H32FN3O6S/c1-5-31-18-26(28(30-31)37-6-2)39(34,35)32-17-21(12-15-27(33)36-4)38-25-14-11-20(16-24(25)32)10-13-22-19(3)8-7-9-23(22)29/h7-11,13-14,16,18,21H,5-6,12,15,17H2,1-4H3. The predicted octanol–water partition coefficient (Wildman–Crippen LogP) is 4.83. The zero-order chi connectivity index (χ0) is 28.2. The number of aryl methyl sites for hydroxylation is 2. The third kappa shape index (κ3) is 6.08. The highest BCUT2D eigenvalue weighted by Crippen LogP contribution is 2.40. The molecule has 1 aliphatic heterocycles. The van der Waals surface area contributed by atoms with Gasteiger partial charge in [0.1, 0.15) is 17.7 Å². The van der Waals surface area contributed by atoms with Crippen molar-refractivity contribution in [3.8, 4) is 11.6 Å². The molecule has 1 aromatic heterocycles. The molecule has 39 heavy (non-hydrogen) atoms. The van der Waals surface area contributed by atoms with E-state index in [1.807, 2.05) is 19.9 Å². The van der Waals surface area contributed by atoms with Crippen molar-refractivity contribution in [3.63, 3.8) is 0 Å². The van der Waals surface area contributed by atoms with Crippen molar-refractivity contribution in [1.82, 2.24) is 9.78 Å². The van der Waals surface area contributed by atoms with Crippen LogP contribution in [0.25, 0.3) is 12.2 Å². The van der Waals surface area contributed by atoms with Crippen molar-refractivity contribution < 1.29 is 31.8 Å². The monoisotopic (exact) mass is 557 g/mol. The zero-order valence-electron chi connectivity index (χ0n) is 22.4. The first kappa shape index (κ1) is 28.2. The summed E-state index contributed by atoms with van der Waals surface area (Å²) in [7, 11) is -2.85. The Morgan fingerprint density at radius 1 is 1.23 bits per heavy atom. The number of hydrogen-bond acceptors (Lipinski definition) is 7. The second kappa shape index (κ2) is 11.9. The van der Waals surface area contributed by atoms with Crippen molar-refractivity contribution >= 4 is 33.8 Å². The second-order valence-corrected chi connectivity index (χ2v) is 10.8. The van der Waals surface area contributed by atoms with Gasteiger partial charge in [0.15, 0.2) is 4.90 Å². The van der Waals surface area contributed by atoms with E-state index in [4.69, 9.17) is 14.2 Å². The number of ether oxygens (including phenoxy) is 3. The summed E-state index contributed by atoms with van der Waals surface area (Å²) in [5.74, 6) is -0.392. The summed E-state index contributed by atoms with van der Waals surface area (Å²) >= 11 is 0. The van der Waals surface area contributed by atoms with Crippen LogP contribution in [0.4, 0.5) is 10.1 Å². The number of rotatable bonds is 10. The fourth-order valence-electron chi connectivity index (χ4n) is 4.31. The normalized spacial score (nSPS) is 15.2. The van der Waals surface area contributed by atoms with Gasteiger partial charge in [-0.3, -0.25) is 13.8 Å². The zero-order valence-corrected chi connectivity index (χ0v) is 23.2. The first-order chi connectivity index (χ1) is 18.7. The smallest absolute Gasteiger partial charge is 0.305 e. The molecule has 0 N–H and O–H groups in total. The summed E-state index contributed by atoms with van der Waals surface area (Å²) in [6, 6.07) is 9.98. The number of esters is 1. The Morgan fingerprint density at radius 3 is 2.72 bits per heavy atom. The molecule has 11 heteroatoms. The lowest BCUT2D eigenvalue weighted by molar-refractivity contribution is -0.141. The summed E-state index contributed by atoms with van der Waals surface area (Å²) < 4.78 is 61.7. The van der Waals surface area contributed by atoms with Crippen LogP contribution in [0.5, 0.6) is 11.6 Å². The van der Waals surface area contributed by atoms with Gasteiger partial charge in [-0.1, -0.05) is 30.4 Å². The first-order valence-electron chi connectivity index (χ1n) is 12.7. The molecule has 0 bridgehead atoms. The molecule has 1 aliphatic rings. The minimum Gasteiger partial charge on any atom is -0.486 e. The Balaban J connectivity index is 1.76. The lowest BCUT2D eigenvalue weighted by Gasteiger charge is -2.35. The first-order valence-corrected chi connectivity index (χ1v) is 14.2. The summed E-state index contributed by atoms with van der Waals surface area (Å²) in [6.07, 6.45) is 4.58. The lowest BCUT2D eigenvalue weighted by atomic mass is 10.1. The van der Waals surface area contributed by atoms with E-state index in [9.17, 15) is 17.6 Å². The average molecular weight is 558 g/mol. The van der Waals surface area contributed by atoms with Crippen LogP contribution in [-0.2, 0) is 26.1 Å². The van der Waals surface area contributed by atoms with Crippen molar-refractivity contribution in [3.05, 3.63) is 65.1 Å². The van der Waals surface area contributed by atoms with Gasteiger partial charge < -0.3 is 14.2 Å². The Bertz CT molecular complexity index is 1460. The summed E-state index contributed by atoms with van der Waals surface area (Å²) in [4.78, 5) is 11.7. The second-order valence-electron chi connectivity index (χ2n) is 9.01. The number of carbonyl (C=O) groups is 1. The number of aromatic nitrogens is 2. The molecular formula is C28H32FN3O6S. The molecule has 0 saturated heterocycles. The summed E-state index contributed by atoms with van der Waals surface area (Å²) in [5, 5.41) is 4.27. The SMILES string of the molecule is CCOc1nn(CC)cc1S(=O)(=O)N1CC(CCC(=O)OC)Oc2ccc(C=Cc3c(C)cccc3F)cc21. The fourth-order valence-corrected chi connectivity index (χ4v) is 5.88. The third-order valence-electron chi connectivity index (χ3n) is 6.40. The number of anilines is 1. The number of halogens is 1. The van der Waals surface area contributed by atoms with Crippen LogP contribution in [-0.4, -0.2) is 50.5 Å². The molecule has 0 fully saturated rings. The Hall–Kier alpha value is -3.86. The highest BCUT2D eigenvalue weighted by molar-refractivity contribution is 7.93. The highest BCUT2D eigenvalue weighted by Gasteiger charge is 2.37. The van der Waals surface area contributed by atoms with Crippen LogP contribution in [0.15, 0.2) is 47.5 Å². The molecule has 1 unspecified atom stereocenters. The molecule has 3 aromatic rings. The van der Waals surface area contributed by atoms with Gasteiger partial charge in [-0.05, 0) is 56.5 Å². The van der Waals surface area contributed by atoms with Gasteiger partial charge in [-0.25, -0.2) is 12.8 Å². The van der Waals surface area contributed by atoms with Crippen molar-refractivity contribution in [1.29, 1.82) is 0 Å². The van der Waals surface area contributed by atoms with Gasteiger partial charge in [0.2, 0.25) is 0 Å². The Kier molecular flexibility index (Phi) is 8.59. The molecule has 2 aromatic carbocycles. The number of sulfonamides is 1. The number of nitrogens with zero attached hydrogens (tertiary/aromatic N) is 3. The number of hydrogen-bond donors (Lipinski definition) is 0. The van der Waals surface area contributed by atoms with E-state index in [0.29, 0.717) is 29.1 Å². The van der Waals surface area contributed by atoms with Crippen molar-refractivity contribution in [2.75, 3.05) is 24.6 Å². The van der Waals surface area contributed by atoms with E-state index in [2.05, 4.69) is 5.10 Å². The van der Waals surface area contributed by atoms with Gasteiger partial charge in [-0.15, -0.1) is 5.10 Å². The average Bonchev–Trinajstić information content (AvgIpc) is 3.35. The van der Waals surface area contributed by atoms with Gasteiger partial charge in [0, 0.05) is 24.7 Å². The third-order valence-corrected chi connectivity index (χ3v) is 8.16. The van der Waals surface area contributed by atoms with E-state index in [-0.39, 0.29) is 42.6 Å². The maximum absolute atomic E-state index is 14.4. The number of benzene rings is 2. The maximum Gasteiger partial charge on any atom is 0.305 e. The van der Waals surface area contributed by atoms with E-state index < -0.39 is 22.1 Å². The summed E-state index contributed by atoms with van der Waals surface area (Å²) in [5.41, 5.74) is 2.21. The largest absolute Gasteiger partial charge is 0.486 e. The number of fused-ring (bicyclic) bond motifs is 1. The predicted molar refractivity (Wildman–Crippen MR) is 146 cm³/mol. The van der Waals surface area contributed by atoms with E-state index >= 15 is 0 Å². The van der Waals surface area contributed by atoms with Gasteiger partial charge in [0.25, 0.3) is 15.9 Å². The summed E-state index contributed by atoms with van der Waals surface area (Å²) in [6.45, 7) is 6.09. The van der Waals surface area contributed by atoms with Crippen molar-refractivity contribution in [2.24, 2.45) is 0 Å². The van der Waals surface area contributed by atoms with Crippen molar-refractivity contribution in [2.45, 2.75) is 51.2 Å². The minimum atomic E-state index is -4.15. The van der Waals surface area contributed by atoms with Crippen LogP contribution >= 0.6 is 0 Å². The van der Waals surface area contributed by atoms with Gasteiger partial charge >= 0.3 is 5.97 Å². The topological polar surface area (TPSA) is 100.0 Å². The van der Waals surface area contributed by atoms with Crippen LogP contribution in [0.3, 0.4) is 0 Å². The molecule has 0 saturated carbocycles. The van der Waals surface area contributed by atoms with Crippen LogP contribution in [0.2, 0.25) is 0 Å². The highest BCUT2D eigenvalue weighted by atomic mass is 32.2. The van der Waals surface area contributed by atoms with E-state index in [0.717, 1.165) is 5.56 Å². The van der Waals surface area contributed by atoms with Crippen LogP contribution in [0.1, 0.15) is 43.4 Å². The van der Waals surface area contributed by atoms with Gasteiger partial charge in [0.05, 0.1) is 25.9 Å². The van der Waals surface area contributed by atoms with E-state index in [1.54, 1.807) is 43.3 Å². The molecule has 0 aliphatic carbocycles. The minimum absolute atomic E-state index is 0.0181. The molecule has 4 rings (SSSR count). The van der Waals surface area contributed by atoms with Crippen LogP contribution < -0.4 is 13.8 Å². The molecule has 0 radical (unpaired) electrons. The molecule has 1 atom stereocenters. The van der Waals surface area contributed by atoms with Gasteiger partial charge in [-0.2, -0.15) is 0 Å². The molecular weight excluding hydrogens is 525 g/mol.